The molecule has 1 saturated heterocycles. The van der Waals surface area contributed by atoms with E-state index in [-0.39, 0.29) is 17.5 Å². The Morgan fingerprint density at radius 1 is 0.939 bits per heavy atom. The van der Waals surface area contributed by atoms with Gasteiger partial charge in [0.1, 0.15) is 0 Å². The standard InChI is InChI=1S/C25H28O7Si/c1-23(2,3)30-17-12-13(31-33(4,5)6)11-16-18(17)22(29)25-20(27)15-10-8-7-9-14(15)19(26)24(25,32-25)21(16)28/h7-10,12,16-18H,11H2,1-6H3/t16?,17-,18?,24?,25?/m1/s1. The van der Waals surface area contributed by atoms with Gasteiger partial charge in [0.2, 0.25) is 31.1 Å². The maximum atomic E-state index is 14.0. The van der Waals surface area contributed by atoms with Crippen LogP contribution in [0.3, 0.4) is 0 Å². The Hall–Kier alpha value is -2.42. The van der Waals surface area contributed by atoms with E-state index in [0.29, 0.717) is 5.76 Å². The summed E-state index contributed by atoms with van der Waals surface area (Å²) in [7, 11) is -2.02. The second-order valence-corrected chi connectivity index (χ2v) is 15.7. The molecule has 3 aliphatic carbocycles. The van der Waals surface area contributed by atoms with Gasteiger partial charge >= 0.3 is 0 Å². The summed E-state index contributed by atoms with van der Waals surface area (Å²) in [6.45, 7) is 11.7. The molecule has 1 aromatic rings. The molecule has 0 amide bonds. The third-order valence-electron chi connectivity index (χ3n) is 6.64. The molecule has 5 rings (SSSR count). The molecule has 0 spiro atoms. The summed E-state index contributed by atoms with van der Waals surface area (Å²) in [4.78, 5) is 54.9. The van der Waals surface area contributed by atoms with Crippen molar-refractivity contribution in [2.75, 3.05) is 0 Å². The number of Topliss-reactive ketones (excluding diaryl/α,β-unsaturated/α-hetero) is 4. The molecule has 1 saturated carbocycles. The summed E-state index contributed by atoms with van der Waals surface area (Å²) in [5.74, 6) is -3.49. The van der Waals surface area contributed by atoms with Crippen LogP contribution in [0.1, 0.15) is 47.9 Å². The molecular formula is C25H28O7Si. The Morgan fingerprint density at radius 2 is 1.48 bits per heavy atom. The Kier molecular flexibility index (Phi) is 4.46. The van der Waals surface area contributed by atoms with E-state index in [1.54, 1.807) is 18.2 Å². The van der Waals surface area contributed by atoms with Crippen LogP contribution in [0.5, 0.6) is 0 Å². The highest BCUT2D eigenvalue weighted by Crippen LogP contribution is 2.63. The predicted molar refractivity (Wildman–Crippen MR) is 120 cm³/mol. The van der Waals surface area contributed by atoms with Crippen LogP contribution in [0.2, 0.25) is 19.6 Å². The molecule has 1 aromatic carbocycles. The lowest BCUT2D eigenvalue weighted by Crippen LogP contribution is -2.65. The number of rotatable bonds is 3. The first-order valence-corrected chi connectivity index (χ1v) is 14.7. The molecule has 1 aliphatic heterocycles. The second kappa shape index (κ2) is 6.58. The lowest BCUT2D eigenvalue weighted by molar-refractivity contribution is -0.150. The Labute approximate surface area is 193 Å². The number of carbonyl (C=O) groups is 4. The second-order valence-electron chi connectivity index (χ2n) is 11.3. The molecule has 0 aromatic heterocycles. The zero-order valence-electron chi connectivity index (χ0n) is 19.7. The van der Waals surface area contributed by atoms with Crippen LogP contribution < -0.4 is 0 Å². The SMILES string of the molecule is CC(C)(C)O[C@@H]1C=C(O[Si](C)(C)C)CC2C(=O)C34OC3(C(=O)c3ccccc3C4=O)C(=O)C21. The predicted octanol–water partition coefficient (Wildman–Crippen LogP) is 3.28. The smallest absolute Gasteiger partial charge is 0.241 e. The zero-order chi connectivity index (χ0) is 24.1. The minimum absolute atomic E-state index is 0.123. The minimum Gasteiger partial charge on any atom is -0.547 e. The van der Waals surface area contributed by atoms with E-state index in [1.807, 2.05) is 40.4 Å². The first-order chi connectivity index (χ1) is 15.2. The average Bonchev–Trinajstić information content (AvgIpc) is 3.42. The van der Waals surface area contributed by atoms with Gasteiger partial charge in [-0.15, -0.1) is 0 Å². The Bertz CT molecular complexity index is 1150. The molecule has 4 unspecified atom stereocenters. The lowest BCUT2D eigenvalue weighted by atomic mass is 9.57. The van der Waals surface area contributed by atoms with Gasteiger partial charge in [-0.25, -0.2) is 0 Å². The quantitative estimate of drug-likeness (QED) is 0.381. The van der Waals surface area contributed by atoms with Crippen LogP contribution in [0, 0.1) is 11.8 Å². The van der Waals surface area contributed by atoms with Gasteiger partial charge in [-0.1, -0.05) is 24.3 Å². The van der Waals surface area contributed by atoms with Crippen LogP contribution in [-0.2, 0) is 23.5 Å². The highest BCUT2D eigenvalue weighted by atomic mass is 28.4. The van der Waals surface area contributed by atoms with E-state index in [4.69, 9.17) is 13.9 Å². The van der Waals surface area contributed by atoms with Crippen molar-refractivity contribution in [3.05, 3.63) is 47.2 Å². The van der Waals surface area contributed by atoms with Crippen LogP contribution in [0.15, 0.2) is 36.1 Å². The fraction of sp³-hybridized carbons (Fsp3) is 0.520. The summed E-state index contributed by atoms with van der Waals surface area (Å²) in [5.41, 5.74) is -4.52. The van der Waals surface area contributed by atoms with Crippen molar-refractivity contribution in [3.63, 3.8) is 0 Å². The molecule has 5 atom stereocenters. The number of benzene rings is 1. The monoisotopic (exact) mass is 468 g/mol. The third kappa shape index (κ3) is 2.93. The third-order valence-corrected chi connectivity index (χ3v) is 7.51. The molecular weight excluding hydrogens is 440 g/mol. The van der Waals surface area contributed by atoms with Gasteiger partial charge in [0, 0.05) is 23.5 Å². The molecule has 174 valence electrons. The van der Waals surface area contributed by atoms with Gasteiger partial charge in [-0.3, -0.25) is 19.2 Å². The molecule has 4 aliphatic rings. The molecule has 0 radical (unpaired) electrons. The highest BCUT2D eigenvalue weighted by Gasteiger charge is 2.91. The maximum absolute atomic E-state index is 14.0. The number of hydrogen-bond acceptors (Lipinski definition) is 7. The van der Waals surface area contributed by atoms with Crippen molar-refractivity contribution < 1.29 is 33.1 Å². The number of hydrogen-bond donors (Lipinski definition) is 0. The number of ketones is 4. The van der Waals surface area contributed by atoms with Crippen LogP contribution >= 0.6 is 0 Å². The molecule has 2 fully saturated rings. The summed E-state index contributed by atoms with van der Waals surface area (Å²) < 4.78 is 18.2. The average molecular weight is 469 g/mol. The number of ether oxygens (including phenoxy) is 2. The number of carbonyl (C=O) groups excluding carboxylic acids is 4. The molecule has 0 N–H and O–H groups in total. The lowest BCUT2D eigenvalue weighted by Gasteiger charge is -2.43. The van der Waals surface area contributed by atoms with E-state index in [0.717, 1.165) is 0 Å². The van der Waals surface area contributed by atoms with Crippen molar-refractivity contribution in [2.24, 2.45) is 11.8 Å². The van der Waals surface area contributed by atoms with Crippen LogP contribution in [0.25, 0.3) is 0 Å². The van der Waals surface area contributed by atoms with Crippen molar-refractivity contribution in [1.82, 2.24) is 0 Å². The maximum Gasteiger partial charge on any atom is 0.241 e. The van der Waals surface area contributed by atoms with Gasteiger partial charge in [0.05, 0.1) is 23.4 Å². The fourth-order valence-electron chi connectivity index (χ4n) is 5.54. The van der Waals surface area contributed by atoms with Crippen LogP contribution in [0.4, 0.5) is 0 Å². The molecule has 7 nitrogen and oxygen atoms in total. The summed E-state index contributed by atoms with van der Waals surface area (Å²) in [5, 5.41) is 0. The number of epoxide rings is 1. The van der Waals surface area contributed by atoms with E-state index in [2.05, 4.69) is 0 Å². The number of allylic oxidation sites excluding steroid dienone is 1. The molecule has 0 bridgehead atoms. The summed E-state index contributed by atoms with van der Waals surface area (Å²) in [6.07, 6.45) is 1.17. The molecule has 1 heterocycles. The van der Waals surface area contributed by atoms with Crippen LogP contribution in [-0.4, -0.2) is 54.4 Å². The van der Waals surface area contributed by atoms with Gasteiger partial charge in [0.25, 0.3) is 0 Å². The molecule has 8 heteroatoms. The highest BCUT2D eigenvalue weighted by molar-refractivity contribution is 6.70. The first kappa shape index (κ1) is 22.4. The number of fused-ring (bicyclic) bond motifs is 2. The van der Waals surface area contributed by atoms with Crippen molar-refractivity contribution in [2.45, 2.75) is 69.7 Å². The first-order valence-electron chi connectivity index (χ1n) is 11.3. The van der Waals surface area contributed by atoms with Gasteiger partial charge < -0.3 is 13.9 Å². The van der Waals surface area contributed by atoms with E-state index < -0.39 is 66.2 Å². The Balaban J connectivity index is 1.64. The fourth-order valence-corrected chi connectivity index (χ4v) is 6.48. The van der Waals surface area contributed by atoms with Gasteiger partial charge in [-0.05, 0) is 46.5 Å². The van der Waals surface area contributed by atoms with E-state index in [1.165, 1.54) is 12.1 Å². The summed E-state index contributed by atoms with van der Waals surface area (Å²) >= 11 is 0. The van der Waals surface area contributed by atoms with Gasteiger partial charge in [0.15, 0.2) is 11.6 Å². The van der Waals surface area contributed by atoms with Crippen molar-refractivity contribution in [3.8, 4) is 0 Å². The van der Waals surface area contributed by atoms with E-state index >= 15 is 0 Å². The van der Waals surface area contributed by atoms with E-state index in [9.17, 15) is 19.2 Å². The summed E-state index contributed by atoms with van der Waals surface area (Å²) in [6, 6.07) is 6.27. The topological polar surface area (TPSA) is 99.3 Å². The molecule has 33 heavy (non-hydrogen) atoms. The minimum atomic E-state index is -2.08. The van der Waals surface area contributed by atoms with Gasteiger partial charge in [-0.2, -0.15) is 0 Å². The zero-order valence-corrected chi connectivity index (χ0v) is 20.7. The van der Waals surface area contributed by atoms with Crippen molar-refractivity contribution in [1.29, 1.82) is 0 Å². The van der Waals surface area contributed by atoms with Crippen molar-refractivity contribution >= 4 is 31.5 Å². The largest absolute Gasteiger partial charge is 0.547 e. The Morgan fingerprint density at radius 3 is 2.00 bits per heavy atom. The normalized spacial score (nSPS) is 35.2.